The van der Waals surface area contributed by atoms with E-state index < -0.39 is 0 Å². The minimum Gasteiger partial charge on any atom is -0.338 e. The van der Waals surface area contributed by atoms with Gasteiger partial charge in [0.05, 0.1) is 11.7 Å². The highest BCUT2D eigenvalue weighted by molar-refractivity contribution is 5.79. The molecular weight excluding hydrogens is 326 g/mol. The van der Waals surface area contributed by atoms with Crippen LogP contribution in [0.3, 0.4) is 0 Å². The summed E-state index contributed by atoms with van der Waals surface area (Å²) in [6, 6.07) is 8.51. The molecule has 6 heteroatoms. The molecule has 1 fully saturated rings. The Balaban J connectivity index is 1.77. The van der Waals surface area contributed by atoms with E-state index in [4.69, 9.17) is 0 Å². The van der Waals surface area contributed by atoms with Gasteiger partial charge in [0, 0.05) is 49.4 Å². The number of likely N-dealkylation sites (tertiary alicyclic amines) is 1. The van der Waals surface area contributed by atoms with E-state index in [0.29, 0.717) is 6.42 Å². The molecule has 0 spiro atoms. The van der Waals surface area contributed by atoms with Crippen LogP contribution >= 0.6 is 0 Å². The highest BCUT2D eigenvalue weighted by Crippen LogP contribution is 2.32. The Labute approximate surface area is 153 Å². The third-order valence-electron chi connectivity index (χ3n) is 4.97. The summed E-state index contributed by atoms with van der Waals surface area (Å²) >= 11 is 0. The Bertz CT molecular complexity index is 926. The molecule has 3 heterocycles. The van der Waals surface area contributed by atoms with E-state index in [1.54, 1.807) is 6.20 Å². The standard InChI is InChI=1S/C20H23N5O/c1-14(2)24-13-16(12-19(24)26)23-10-8-21-20(23)17-11-15(3)5-6-18(17)25-9-4-7-22-25/h4-11,14,16H,12-13H2,1-3H3/t16-/m1/s1. The number of aryl methyl sites for hydroxylation is 1. The van der Waals surface area contributed by atoms with Crippen LogP contribution in [-0.2, 0) is 4.79 Å². The number of nitrogens with zero attached hydrogens (tertiary/aromatic N) is 5. The van der Waals surface area contributed by atoms with Gasteiger partial charge in [0.2, 0.25) is 5.91 Å². The molecule has 1 aliphatic heterocycles. The maximum Gasteiger partial charge on any atom is 0.225 e. The fourth-order valence-electron chi connectivity index (χ4n) is 3.65. The zero-order valence-electron chi connectivity index (χ0n) is 15.3. The largest absolute Gasteiger partial charge is 0.338 e. The van der Waals surface area contributed by atoms with Gasteiger partial charge in [0.15, 0.2) is 0 Å². The van der Waals surface area contributed by atoms with E-state index in [1.807, 2.05) is 34.2 Å². The lowest BCUT2D eigenvalue weighted by Gasteiger charge is -2.22. The van der Waals surface area contributed by atoms with Crippen molar-refractivity contribution in [3.05, 3.63) is 54.6 Å². The molecule has 134 valence electrons. The first kappa shape index (κ1) is 16.6. The van der Waals surface area contributed by atoms with Crippen LogP contribution in [0.4, 0.5) is 0 Å². The van der Waals surface area contributed by atoms with Crippen LogP contribution < -0.4 is 0 Å². The summed E-state index contributed by atoms with van der Waals surface area (Å²) in [7, 11) is 0. The lowest BCUT2D eigenvalue weighted by molar-refractivity contribution is -0.129. The van der Waals surface area contributed by atoms with Gasteiger partial charge < -0.3 is 9.47 Å². The van der Waals surface area contributed by atoms with Crippen LogP contribution in [0.15, 0.2) is 49.1 Å². The third-order valence-corrected chi connectivity index (χ3v) is 4.97. The second kappa shape index (κ2) is 6.44. The van der Waals surface area contributed by atoms with Gasteiger partial charge in [-0.15, -0.1) is 0 Å². The van der Waals surface area contributed by atoms with Gasteiger partial charge in [-0.25, -0.2) is 9.67 Å². The summed E-state index contributed by atoms with van der Waals surface area (Å²) < 4.78 is 4.00. The van der Waals surface area contributed by atoms with Crippen LogP contribution in [-0.4, -0.2) is 42.7 Å². The summed E-state index contributed by atoms with van der Waals surface area (Å²) in [6.07, 6.45) is 8.01. The van der Waals surface area contributed by atoms with Gasteiger partial charge in [-0.05, 0) is 39.0 Å². The first-order valence-electron chi connectivity index (χ1n) is 8.98. The fourth-order valence-corrected chi connectivity index (χ4v) is 3.65. The maximum atomic E-state index is 12.4. The molecule has 1 atom stereocenters. The Morgan fingerprint density at radius 1 is 1.19 bits per heavy atom. The van der Waals surface area contributed by atoms with Crippen molar-refractivity contribution in [1.29, 1.82) is 0 Å². The van der Waals surface area contributed by atoms with Crippen molar-refractivity contribution in [1.82, 2.24) is 24.2 Å². The Hall–Kier alpha value is -2.89. The third kappa shape index (κ3) is 2.81. The van der Waals surface area contributed by atoms with E-state index in [2.05, 4.69) is 53.6 Å². The lowest BCUT2D eigenvalue weighted by Crippen LogP contribution is -2.32. The van der Waals surface area contributed by atoms with Gasteiger partial charge in [0.25, 0.3) is 0 Å². The average molecular weight is 349 g/mol. The minimum absolute atomic E-state index is 0.105. The minimum atomic E-state index is 0.105. The summed E-state index contributed by atoms with van der Waals surface area (Å²) in [6.45, 7) is 6.92. The molecule has 0 radical (unpaired) electrons. The highest BCUT2D eigenvalue weighted by Gasteiger charge is 2.33. The van der Waals surface area contributed by atoms with Crippen molar-refractivity contribution in [2.45, 2.75) is 39.3 Å². The van der Waals surface area contributed by atoms with Crippen LogP contribution in [0, 0.1) is 6.92 Å². The van der Waals surface area contributed by atoms with Crippen molar-refractivity contribution in [2.75, 3.05) is 6.54 Å². The summed E-state index contributed by atoms with van der Waals surface area (Å²) in [5, 5.41) is 4.38. The number of amides is 1. The molecule has 4 rings (SSSR count). The molecule has 0 aliphatic carbocycles. The van der Waals surface area contributed by atoms with E-state index in [1.165, 1.54) is 0 Å². The first-order valence-corrected chi connectivity index (χ1v) is 8.98. The maximum absolute atomic E-state index is 12.4. The van der Waals surface area contributed by atoms with Gasteiger partial charge in [-0.2, -0.15) is 5.10 Å². The summed E-state index contributed by atoms with van der Waals surface area (Å²) in [5.41, 5.74) is 3.17. The molecule has 0 N–H and O–H groups in total. The normalized spacial score (nSPS) is 17.5. The second-order valence-electron chi connectivity index (χ2n) is 7.13. The number of hydrogen-bond donors (Lipinski definition) is 0. The van der Waals surface area contributed by atoms with Crippen LogP contribution in [0.1, 0.15) is 31.9 Å². The number of hydrogen-bond acceptors (Lipinski definition) is 3. The van der Waals surface area contributed by atoms with E-state index in [9.17, 15) is 4.79 Å². The average Bonchev–Trinajstić information content (AvgIpc) is 3.34. The molecule has 2 aromatic heterocycles. The number of benzene rings is 1. The van der Waals surface area contributed by atoms with Crippen molar-refractivity contribution < 1.29 is 4.79 Å². The van der Waals surface area contributed by atoms with E-state index >= 15 is 0 Å². The summed E-state index contributed by atoms with van der Waals surface area (Å²) in [4.78, 5) is 18.9. The van der Waals surface area contributed by atoms with Gasteiger partial charge in [0.1, 0.15) is 5.82 Å². The van der Waals surface area contributed by atoms with Crippen LogP contribution in [0.2, 0.25) is 0 Å². The number of rotatable bonds is 4. The fraction of sp³-hybridized carbons (Fsp3) is 0.350. The SMILES string of the molecule is Cc1ccc(-n2cccn2)c(-c2nccn2[C@@H]2CC(=O)N(C(C)C)C2)c1. The van der Waals surface area contributed by atoms with Gasteiger partial charge in [-0.3, -0.25) is 4.79 Å². The van der Waals surface area contributed by atoms with Crippen LogP contribution in [0.25, 0.3) is 17.1 Å². The molecule has 6 nitrogen and oxygen atoms in total. The summed E-state index contributed by atoms with van der Waals surface area (Å²) in [5.74, 6) is 1.09. The molecule has 3 aromatic rings. The molecule has 0 unspecified atom stereocenters. The van der Waals surface area contributed by atoms with Crippen molar-refractivity contribution in [3.63, 3.8) is 0 Å². The molecule has 0 bridgehead atoms. The van der Waals surface area contributed by atoms with Gasteiger partial charge in [-0.1, -0.05) is 11.6 Å². The smallest absolute Gasteiger partial charge is 0.225 e. The molecule has 0 saturated carbocycles. The monoisotopic (exact) mass is 349 g/mol. The predicted molar refractivity (Wildman–Crippen MR) is 100 cm³/mol. The number of carbonyl (C=O) groups is 1. The zero-order chi connectivity index (χ0) is 18.3. The van der Waals surface area contributed by atoms with Crippen molar-refractivity contribution in [3.8, 4) is 17.1 Å². The number of imidazole rings is 1. The quantitative estimate of drug-likeness (QED) is 0.727. The van der Waals surface area contributed by atoms with Gasteiger partial charge >= 0.3 is 0 Å². The van der Waals surface area contributed by atoms with Crippen LogP contribution in [0.5, 0.6) is 0 Å². The Kier molecular flexibility index (Phi) is 4.11. The lowest BCUT2D eigenvalue weighted by atomic mass is 10.1. The molecule has 1 amide bonds. The van der Waals surface area contributed by atoms with Crippen molar-refractivity contribution in [2.24, 2.45) is 0 Å². The molecule has 1 aliphatic rings. The Morgan fingerprint density at radius 3 is 2.73 bits per heavy atom. The molecule has 1 aromatic carbocycles. The topological polar surface area (TPSA) is 56.0 Å². The molecule has 26 heavy (non-hydrogen) atoms. The second-order valence-corrected chi connectivity index (χ2v) is 7.13. The number of aromatic nitrogens is 4. The first-order chi connectivity index (χ1) is 12.5. The van der Waals surface area contributed by atoms with Crippen molar-refractivity contribution >= 4 is 5.91 Å². The highest BCUT2D eigenvalue weighted by atomic mass is 16.2. The predicted octanol–water partition coefficient (Wildman–Crippen LogP) is 3.23. The number of carbonyl (C=O) groups excluding carboxylic acids is 1. The molecule has 1 saturated heterocycles. The molecular formula is C20H23N5O. The zero-order valence-corrected chi connectivity index (χ0v) is 15.3. The van der Waals surface area contributed by atoms with E-state index in [0.717, 1.165) is 29.2 Å². The van der Waals surface area contributed by atoms with E-state index in [-0.39, 0.29) is 18.0 Å². The Morgan fingerprint density at radius 2 is 2.04 bits per heavy atom.